The van der Waals surface area contributed by atoms with E-state index in [1.165, 1.54) is 13.1 Å². The molecule has 10 nitrogen and oxygen atoms in total. The van der Waals surface area contributed by atoms with Crippen LogP contribution in [0.5, 0.6) is 0 Å². The predicted molar refractivity (Wildman–Crippen MR) is 64.2 cm³/mol. The maximum atomic E-state index is 11.7. The fraction of sp³-hybridized carbons (Fsp3) is 0.600. The summed E-state index contributed by atoms with van der Waals surface area (Å²) < 4.78 is 21.3. The zero-order valence-corrected chi connectivity index (χ0v) is 11.8. The third-order valence-corrected chi connectivity index (χ3v) is 3.61. The number of aryl methyl sites for hydroxylation is 1. The molecule has 0 spiro atoms. The van der Waals surface area contributed by atoms with E-state index in [4.69, 9.17) is 9.84 Å². The first kappa shape index (κ1) is 16.1. The molecule has 0 amide bonds. The molecule has 0 unspecified atom stereocenters. The third-order valence-electron chi connectivity index (χ3n) is 3.08. The summed E-state index contributed by atoms with van der Waals surface area (Å²) in [5.41, 5.74) is -1.05. The van der Waals surface area contributed by atoms with Gasteiger partial charge in [0.25, 0.3) is 5.56 Å². The number of aromatic nitrogens is 2. The van der Waals surface area contributed by atoms with E-state index in [1.54, 1.807) is 0 Å². The first-order valence-electron chi connectivity index (χ1n) is 6.00. The van der Waals surface area contributed by atoms with Crippen molar-refractivity contribution in [2.45, 2.75) is 31.8 Å². The lowest BCUT2D eigenvalue weighted by Gasteiger charge is -2.32. The standard InChI is InChI=1S/C10H15N2O8P/c1-5-3-12(10(15)11-9(5)14)8-2-6(7(4-13)19-8)20-21(16,17)18/h3,6-8,13H,2,4H2,1H3,(H,11,14,15)(H2,16,17,18)/p-2/t6-,7+,8+/m0/s1. The number of aromatic amines is 1. The van der Waals surface area contributed by atoms with Gasteiger partial charge in [0, 0.05) is 18.2 Å². The van der Waals surface area contributed by atoms with Crippen LogP contribution in [0.4, 0.5) is 0 Å². The van der Waals surface area contributed by atoms with Crippen molar-refractivity contribution in [3.8, 4) is 0 Å². The molecule has 2 heterocycles. The molecular weight excluding hydrogens is 307 g/mol. The largest absolute Gasteiger partial charge is 0.790 e. The number of nitrogens with one attached hydrogen (secondary N) is 1. The molecule has 3 atom stereocenters. The Bertz CT molecular complexity index is 676. The minimum atomic E-state index is -5.25. The molecule has 1 aliphatic rings. The topological polar surface area (TPSA) is 157 Å². The van der Waals surface area contributed by atoms with Gasteiger partial charge in [-0.15, -0.1) is 0 Å². The summed E-state index contributed by atoms with van der Waals surface area (Å²) in [5, 5.41) is 9.12. The maximum absolute atomic E-state index is 11.7. The van der Waals surface area contributed by atoms with Crippen LogP contribution in [0.2, 0.25) is 0 Å². The number of H-pyrrole nitrogens is 1. The van der Waals surface area contributed by atoms with Crippen LogP contribution in [0.15, 0.2) is 15.8 Å². The highest BCUT2D eigenvalue weighted by Crippen LogP contribution is 2.37. The zero-order chi connectivity index (χ0) is 15.8. The average molecular weight is 320 g/mol. The van der Waals surface area contributed by atoms with Crippen LogP contribution in [-0.4, -0.2) is 33.5 Å². The molecule has 11 heteroatoms. The van der Waals surface area contributed by atoms with Gasteiger partial charge < -0.3 is 28.7 Å². The molecule has 2 N–H and O–H groups in total. The van der Waals surface area contributed by atoms with Gasteiger partial charge in [0.2, 0.25) is 0 Å². The first-order chi connectivity index (χ1) is 9.71. The number of aliphatic hydroxyl groups excluding tert-OH is 1. The number of hydrogen-bond acceptors (Lipinski definition) is 8. The summed E-state index contributed by atoms with van der Waals surface area (Å²) >= 11 is 0. The molecule has 1 saturated heterocycles. The summed E-state index contributed by atoms with van der Waals surface area (Å²) in [6.07, 6.45) is -2.10. The third kappa shape index (κ3) is 3.67. The maximum Gasteiger partial charge on any atom is 0.330 e. The van der Waals surface area contributed by atoms with Crippen LogP contribution < -0.4 is 21.0 Å². The van der Waals surface area contributed by atoms with Crippen LogP contribution >= 0.6 is 7.82 Å². The predicted octanol–water partition coefficient (Wildman–Crippen LogP) is -2.66. The molecular formula is C10H13N2O8P-2. The quantitative estimate of drug-likeness (QED) is 0.569. The molecule has 0 aromatic carbocycles. The van der Waals surface area contributed by atoms with Crippen LogP contribution in [-0.2, 0) is 13.8 Å². The van der Waals surface area contributed by atoms with E-state index in [0.717, 1.165) is 4.57 Å². The minimum absolute atomic E-state index is 0.134. The minimum Gasteiger partial charge on any atom is -0.790 e. The summed E-state index contributed by atoms with van der Waals surface area (Å²) in [4.78, 5) is 46.4. The Morgan fingerprint density at radius 2 is 2.24 bits per heavy atom. The van der Waals surface area contributed by atoms with E-state index >= 15 is 0 Å². The van der Waals surface area contributed by atoms with Crippen LogP contribution in [0, 0.1) is 6.92 Å². The molecule has 0 radical (unpaired) electrons. The van der Waals surface area contributed by atoms with Crippen LogP contribution in [0.1, 0.15) is 18.2 Å². The van der Waals surface area contributed by atoms with Gasteiger partial charge in [-0.25, -0.2) is 4.79 Å². The zero-order valence-electron chi connectivity index (χ0n) is 10.9. The van der Waals surface area contributed by atoms with Gasteiger partial charge in [0.15, 0.2) is 0 Å². The van der Waals surface area contributed by atoms with Crippen molar-refractivity contribution in [1.82, 2.24) is 9.55 Å². The molecule has 1 aromatic rings. The Hall–Kier alpha value is -1.29. The molecule has 2 rings (SSSR count). The van der Waals surface area contributed by atoms with Crippen molar-refractivity contribution >= 4 is 7.82 Å². The fourth-order valence-electron chi connectivity index (χ4n) is 2.11. The fourth-order valence-corrected chi connectivity index (χ4v) is 2.67. The molecule has 0 saturated carbocycles. The first-order valence-corrected chi connectivity index (χ1v) is 7.46. The van der Waals surface area contributed by atoms with Crippen molar-refractivity contribution in [3.63, 3.8) is 0 Å². The normalized spacial score (nSPS) is 26.2. The number of rotatable bonds is 4. The highest BCUT2D eigenvalue weighted by Gasteiger charge is 2.37. The second kappa shape index (κ2) is 5.84. The Morgan fingerprint density at radius 3 is 2.81 bits per heavy atom. The van der Waals surface area contributed by atoms with E-state index in [-0.39, 0.29) is 12.0 Å². The Morgan fingerprint density at radius 1 is 1.57 bits per heavy atom. The SMILES string of the molecule is Cc1cn([C@H]2C[C@H](OP(=O)([O-])[O-])[C@@H](CO)O2)c(=O)[nH]c1=O. The van der Waals surface area contributed by atoms with E-state index in [9.17, 15) is 23.9 Å². The van der Waals surface area contributed by atoms with Crippen LogP contribution in [0.3, 0.4) is 0 Å². The Kier molecular flexibility index (Phi) is 4.47. The lowest BCUT2D eigenvalue weighted by Crippen LogP contribution is -2.33. The smallest absolute Gasteiger partial charge is 0.330 e. The number of hydrogen-bond donors (Lipinski definition) is 2. The van der Waals surface area contributed by atoms with Gasteiger partial charge in [0.1, 0.15) is 12.3 Å². The van der Waals surface area contributed by atoms with Crippen molar-refractivity contribution in [3.05, 3.63) is 32.6 Å². The lowest BCUT2D eigenvalue weighted by molar-refractivity contribution is -0.345. The van der Waals surface area contributed by atoms with E-state index in [2.05, 4.69) is 9.51 Å². The molecule has 1 aromatic heterocycles. The molecule has 1 aliphatic heterocycles. The molecule has 0 aliphatic carbocycles. The number of phosphoric acid groups is 1. The number of ether oxygens (including phenoxy) is 1. The van der Waals surface area contributed by atoms with E-state index in [0.29, 0.717) is 0 Å². The van der Waals surface area contributed by atoms with Crippen LogP contribution in [0.25, 0.3) is 0 Å². The number of aliphatic hydroxyl groups is 1. The summed E-state index contributed by atoms with van der Waals surface area (Å²) in [5.74, 6) is 0. The molecule has 21 heavy (non-hydrogen) atoms. The van der Waals surface area contributed by atoms with E-state index < -0.39 is 44.1 Å². The monoisotopic (exact) mass is 320 g/mol. The second-order valence-electron chi connectivity index (χ2n) is 4.62. The number of nitrogens with zero attached hydrogens (tertiary/aromatic N) is 1. The van der Waals surface area contributed by atoms with Gasteiger partial charge >= 0.3 is 5.69 Å². The Labute approximate surface area is 118 Å². The highest BCUT2D eigenvalue weighted by molar-refractivity contribution is 7.43. The molecule has 1 fully saturated rings. The highest BCUT2D eigenvalue weighted by atomic mass is 31.2. The van der Waals surface area contributed by atoms with Gasteiger partial charge in [-0.1, -0.05) is 0 Å². The van der Waals surface area contributed by atoms with Crippen molar-refractivity contribution in [2.75, 3.05) is 6.61 Å². The van der Waals surface area contributed by atoms with Gasteiger partial charge in [-0.05, 0) is 6.92 Å². The average Bonchev–Trinajstić information content (AvgIpc) is 2.74. The second-order valence-corrected chi connectivity index (χ2v) is 5.72. The summed E-state index contributed by atoms with van der Waals surface area (Å²) in [7, 11) is -5.25. The van der Waals surface area contributed by atoms with E-state index in [1.807, 2.05) is 0 Å². The summed E-state index contributed by atoms with van der Waals surface area (Å²) in [6.45, 7) is 0.892. The van der Waals surface area contributed by atoms with Crippen molar-refractivity contribution in [1.29, 1.82) is 0 Å². The Balaban J connectivity index is 2.27. The summed E-state index contributed by atoms with van der Waals surface area (Å²) in [6, 6.07) is 0. The van der Waals surface area contributed by atoms with Gasteiger partial charge in [0.05, 0.1) is 20.5 Å². The van der Waals surface area contributed by atoms with Gasteiger partial charge in [-0.2, -0.15) is 0 Å². The molecule has 118 valence electrons. The number of phosphoric ester groups is 1. The lowest BCUT2D eigenvalue weighted by atomic mass is 10.2. The van der Waals surface area contributed by atoms with Crippen molar-refractivity contribution in [2.24, 2.45) is 0 Å². The van der Waals surface area contributed by atoms with Gasteiger partial charge in [-0.3, -0.25) is 14.3 Å². The molecule has 0 bridgehead atoms. The van der Waals surface area contributed by atoms with Crippen molar-refractivity contribution < 1.29 is 28.7 Å².